The molecule has 5 heteroatoms. The van der Waals surface area contributed by atoms with Crippen molar-refractivity contribution in [1.82, 2.24) is 10.6 Å². The number of hydrogen-bond acceptors (Lipinski definition) is 3. The van der Waals surface area contributed by atoms with E-state index in [1.807, 2.05) is 17.5 Å². The van der Waals surface area contributed by atoms with Crippen molar-refractivity contribution in [2.75, 3.05) is 13.2 Å². The largest absolute Gasteiger partial charge is 0.490 e. The minimum atomic E-state index is -0.142. The molecule has 0 saturated heterocycles. The Kier molecular flexibility index (Phi) is 4.34. The fourth-order valence-electron chi connectivity index (χ4n) is 2.62. The van der Waals surface area contributed by atoms with Gasteiger partial charge in [-0.1, -0.05) is 18.2 Å². The Hall–Kier alpha value is -2.01. The lowest BCUT2D eigenvalue weighted by atomic mass is 10.0. The molecule has 2 amide bonds. The fraction of sp³-hybridized carbons (Fsp3) is 0.353. The maximum absolute atomic E-state index is 12.0. The van der Waals surface area contributed by atoms with Crippen molar-refractivity contribution >= 4 is 17.4 Å². The van der Waals surface area contributed by atoms with Crippen LogP contribution in [0.1, 0.15) is 27.6 Å². The summed E-state index contributed by atoms with van der Waals surface area (Å²) in [5, 5.41) is 7.94. The van der Waals surface area contributed by atoms with E-state index in [0.717, 1.165) is 23.3 Å². The molecule has 2 aromatic rings. The molecule has 2 N–H and O–H groups in total. The van der Waals surface area contributed by atoms with Gasteiger partial charge in [0, 0.05) is 17.0 Å². The third-order valence-corrected chi connectivity index (χ3v) is 4.96. The summed E-state index contributed by atoms with van der Waals surface area (Å²) < 4.78 is 5.75. The Bertz CT molecular complexity index is 668. The van der Waals surface area contributed by atoms with Crippen molar-refractivity contribution in [2.24, 2.45) is 0 Å². The summed E-state index contributed by atoms with van der Waals surface area (Å²) >= 11 is 1.71. The average Bonchev–Trinajstić information content (AvgIpc) is 3.13. The van der Waals surface area contributed by atoms with E-state index in [4.69, 9.17) is 4.74 Å². The molecule has 3 rings (SSSR count). The summed E-state index contributed by atoms with van der Waals surface area (Å²) in [6, 6.07) is 8.01. The highest BCUT2D eigenvalue weighted by atomic mass is 32.1. The van der Waals surface area contributed by atoms with Crippen LogP contribution >= 0.6 is 11.3 Å². The zero-order valence-electron chi connectivity index (χ0n) is 12.8. The van der Waals surface area contributed by atoms with Gasteiger partial charge in [0.15, 0.2) is 0 Å². The molecule has 1 aliphatic rings. The number of amides is 2. The highest BCUT2D eigenvalue weighted by Crippen LogP contribution is 2.36. The number of carbonyl (C=O) groups is 1. The number of aryl methyl sites for hydroxylation is 1. The number of carbonyl (C=O) groups excluding carboxylic acids is 1. The molecule has 0 fully saturated rings. The Balaban J connectivity index is 1.54. The van der Waals surface area contributed by atoms with Crippen LogP contribution in [0.5, 0.6) is 5.75 Å². The van der Waals surface area contributed by atoms with E-state index in [9.17, 15) is 4.79 Å². The molecule has 22 heavy (non-hydrogen) atoms. The smallest absolute Gasteiger partial charge is 0.315 e. The Morgan fingerprint density at radius 2 is 2.23 bits per heavy atom. The highest BCUT2D eigenvalue weighted by Gasteiger charge is 2.27. The van der Waals surface area contributed by atoms with E-state index in [0.29, 0.717) is 13.2 Å². The predicted molar refractivity (Wildman–Crippen MR) is 88.7 cm³/mol. The van der Waals surface area contributed by atoms with Crippen LogP contribution in [-0.4, -0.2) is 19.2 Å². The van der Waals surface area contributed by atoms with Gasteiger partial charge in [0.05, 0.1) is 6.04 Å². The summed E-state index contributed by atoms with van der Waals surface area (Å²) in [7, 11) is 0. The van der Waals surface area contributed by atoms with Crippen LogP contribution in [0.4, 0.5) is 4.79 Å². The van der Waals surface area contributed by atoms with Gasteiger partial charge in [-0.05, 0) is 42.8 Å². The second-order valence-corrected chi connectivity index (χ2v) is 6.55. The first-order valence-electron chi connectivity index (χ1n) is 7.45. The van der Waals surface area contributed by atoms with Gasteiger partial charge in [-0.15, -0.1) is 11.3 Å². The molecular weight excluding hydrogens is 296 g/mol. The van der Waals surface area contributed by atoms with Gasteiger partial charge in [-0.3, -0.25) is 0 Å². The van der Waals surface area contributed by atoms with Crippen molar-refractivity contribution in [3.8, 4) is 5.75 Å². The van der Waals surface area contributed by atoms with Gasteiger partial charge in [0.2, 0.25) is 0 Å². The van der Waals surface area contributed by atoms with Crippen molar-refractivity contribution in [2.45, 2.75) is 26.3 Å². The first-order valence-corrected chi connectivity index (χ1v) is 8.33. The van der Waals surface area contributed by atoms with Gasteiger partial charge < -0.3 is 15.4 Å². The molecule has 1 aromatic heterocycles. The first kappa shape index (κ1) is 14.9. The molecule has 1 aliphatic heterocycles. The predicted octanol–water partition coefficient (Wildman–Crippen LogP) is 3.34. The minimum Gasteiger partial charge on any atom is -0.490 e. The Morgan fingerprint density at radius 1 is 1.36 bits per heavy atom. The van der Waals surface area contributed by atoms with Crippen LogP contribution in [0.2, 0.25) is 0 Å². The van der Waals surface area contributed by atoms with Crippen LogP contribution in [-0.2, 0) is 6.42 Å². The summed E-state index contributed by atoms with van der Waals surface area (Å²) in [6.07, 6.45) is 0.862. The second kappa shape index (κ2) is 6.40. The van der Waals surface area contributed by atoms with Gasteiger partial charge in [-0.25, -0.2) is 4.79 Å². The number of urea groups is 1. The molecule has 0 aliphatic carbocycles. The molecule has 1 atom stereocenters. The van der Waals surface area contributed by atoms with E-state index in [2.05, 4.69) is 36.6 Å². The van der Waals surface area contributed by atoms with Crippen molar-refractivity contribution in [3.05, 3.63) is 51.2 Å². The molecule has 4 nitrogen and oxygen atoms in total. The Morgan fingerprint density at radius 3 is 3.00 bits per heavy atom. The SMILES string of the molecule is Cc1ccc2c(c1C)OCC2NC(=O)NCCc1cccs1. The lowest BCUT2D eigenvalue weighted by Gasteiger charge is -2.13. The third kappa shape index (κ3) is 3.09. The molecule has 2 heterocycles. The summed E-state index contributed by atoms with van der Waals surface area (Å²) in [5.41, 5.74) is 3.43. The zero-order valence-corrected chi connectivity index (χ0v) is 13.6. The number of ether oxygens (including phenoxy) is 1. The van der Waals surface area contributed by atoms with E-state index >= 15 is 0 Å². The zero-order chi connectivity index (χ0) is 15.5. The van der Waals surface area contributed by atoms with Gasteiger partial charge in [-0.2, -0.15) is 0 Å². The van der Waals surface area contributed by atoms with Crippen LogP contribution in [0.15, 0.2) is 29.6 Å². The molecule has 0 spiro atoms. The van der Waals surface area contributed by atoms with E-state index < -0.39 is 0 Å². The number of benzene rings is 1. The molecule has 1 aromatic carbocycles. The van der Waals surface area contributed by atoms with Crippen LogP contribution in [0.3, 0.4) is 0 Å². The molecule has 116 valence electrons. The molecular formula is C17H20N2O2S. The summed E-state index contributed by atoms with van der Waals surface area (Å²) in [4.78, 5) is 13.3. The van der Waals surface area contributed by atoms with E-state index in [1.165, 1.54) is 10.4 Å². The highest BCUT2D eigenvalue weighted by molar-refractivity contribution is 7.09. The van der Waals surface area contributed by atoms with Crippen molar-refractivity contribution in [3.63, 3.8) is 0 Å². The second-order valence-electron chi connectivity index (χ2n) is 5.52. The normalized spacial score (nSPS) is 16.0. The number of nitrogens with one attached hydrogen (secondary N) is 2. The Labute approximate surface area is 134 Å². The summed E-state index contributed by atoms with van der Waals surface area (Å²) in [5.74, 6) is 0.920. The number of rotatable bonds is 4. The maximum Gasteiger partial charge on any atom is 0.315 e. The van der Waals surface area contributed by atoms with Crippen molar-refractivity contribution in [1.29, 1.82) is 0 Å². The minimum absolute atomic E-state index is 0.0731. The fourth-order valence-corrected chi connectivity index (χ4v) is 3.33. The number of fused-ring (bicyclic) bond motifs is 1. The monoisotopic (exact) mass is 316 g/mol. The van der Waals surface area contributed by atoms with Gasteiger partial charge >= 0.3 is 6.03 Å². The van der Waals surface area contributed by atoms with E-state index in [1.54, 1.807) is 11.3 Å². The summed E-state index contributed by atoms with van der Waals surface area (Å²) in [6.45, 7) is 5.26. The maximum atomic E-state index is 12.0. The third-order valence-electron chi connectivity index (χ3n) is 4.02. The average molecular weight is 316 g/mol. The first-order chi connectivity index (χ1) is 10.6. The van der Waals surface area contributed by atoms with Crippen molar-refractivity contribution < 1.29 is 9.53 Å². The van der Waals surface area contributed by atoms with E-state index in [-0.39, 0.29) is 12.1 Å². The van der Waals surface area contributed by atoms with Crippen LogP contribution in [0.25, 0.3) is 0 Å². The van der Waals surface area contributed by atoms with Crippen LogP contribution in [0, 0.1) is 13.8 Å². The topological polar surface area (TPSA) is 50.4 Å². The molecule has 0 bridgehead atoms. The molecule has 0 radical (unpaired) electrons. The lowest BCUT2D eigenvalue weighted by Crippen LogP contribution is -2.39. The standard InChI is InChI=1S/C17H20N2O2S/c1-11-5-6-14-15(10-21-16(14)12(11)2)19-17(20)18-8-7-13-4-3-9-22-13/h3-6,9,15H,7-8,10H2,1-2H3,(H2,18,19,20). The number of hydrogen-bond donors (Lipinski definition) is 2. The lowest BCUT2D eigenvalue weighted by molar-refractivity contribution is 0.232. The molecule has 0 saturated carbocycles. The van der Waals surface area contributed by atoms with Gasteiger partial charge in [0.1, 0.15) is 12.4 Å². The quantitative estimate of drug-likeness (QED) is 0.909. The number of thiophene rings is 1. The van der Waals surface area contributed by atoms with Crippen LogP contribution < -0.4 is 15.4 Å². The molecule has 1 unspecified atom stereocenters. The van der Waals surface area contributed by atoms with Gasteiger partial charge in [0.25, 0.3) is 0 Å².